The smallest absolute Gasteiger partial charge is 0.255 e. The molecule has 1 fully saturated rings. The summed E-state index contributed by atoms with van der Waals surface area (Å²) in [6.07, 6.45) is -0.156. The van der Waals surface area contributed by atoms with Gasteiger partial charge in [0.05, 0.1) is 18.3 Å². The van der Waals surface area contributed by atoms with Crippen LogP contribution >= 0.6 is 15.9 Å². The summed E-state index contributed by atoms with van der Waals surface area (Å²) in [5, 5.41) is 0. The number of halogens is 2. The highest BCUT2D eigenvalue weighted by Crippen LogP contribution is 2.21. The van der Waals surface area contributed by atoms with Crippen molar-refractivity contribution in [1.29, 1.82) is 0 Å². The summed E-state index contributed by atoms with van der Waals surface area (Å²) in [7, 11) is 0. The maximum absolute atomic E-state index is 13.0. The fourth-order valence-electron chi connectivity index (χ4n) is 2.01. The largest absolute Gasteiger partial charge is 0.373 e. The van der Waals surface area contributed by atoms with E-state index in [0.717, 1.165) is 0 Å². The second-order valence-electron chi connectivity index (χ2n) is 4.64. The van der Waals surface area contributed by atoms with Crippen molar-refractivity contribution in [1.82, 2.24) is 4.90 Å². The zero-order chi connectivity index (χ0) is 14.0. The minimum absolute atomic E-state index is 0.132. The van der Waals surface area contributed by atoms with E-state index in [1.54, 1.807) is 4.90 Å². The van der Waals surface area contributed by atoms with Gasteiger partial charge in [-0.2, -0.15) is 0 Å². The Bertz CT molecular complexity index is 482. The Morgan fingerprint density at radius 3 is 3.00 bits per heavy atom. The topological polar surface area (TPSA) is 55.6 Å². The Kier molecular flexibility index (Phi) is 4.54. The molecular formula is C13H16BrFN2O2. The number of rotatable bonds is 2. The lowest BCUT2D eigenvalue weighted by atomic mass is 10.1. The van der Waals surface area contributed by atoms with E-state index in [1.165, 1.54) is 18.2 Å². The van der Waals surface area contributed by atoms with Gasteiger partial charge in [-0.05, 0) is 41.1 Å². The van der Waals surface area contributed by atoms with Crippen molar-refractivity contribution in [3.63, 3.8) is 0 Å². The molecular weight excluding hydrogens is 315 g/mol. The van der Waals surface area contributed by atoms with E-state index in [9.17, 15) is 9.18 Å². The van der Waals surface area contributed by atoms with Crippen LogP contribution in [0.5, 0.6) is 0 Å². The van der Waals surface area contributed by atoms with Crippen molar-refractivity contribution in [3.05, 3.63) is 34.1 Å². The summed E-state index contributed by atoms with van der Waals surface area (Å²) in [5.74, 6) is -0.514. The Morgan fingerprint density at radius 2 is 2.37 bits per heavy atom. The van der Waals surface area contributed by atoms with Crippen LogP contribution in [-0.2, 0) is 4.74 Å². The van der Waals surface area contributed by atoms with E-state index < -0.39 is 0 Å². The summed E-state index contributed by atoms with van der Waals surface area (Å²) < 4.78 is 19.0. The lowest BCUT2D eigenvalue weighted by Gasteiger charge is -2.34. The molecule has 2 atom stereocenters. The van der Waals surface area contributed by atoms with Gasteiger partial charge in [0.2, 0.25) is 0 Å². The van der Waals surface area contributed by atoms with Gasteiger partial charge < -0.3 is 15.4 Å². The van der Waals surface area contributed by atoms with Crippen molar-refractivity contribution in [3.8, 4) is 0 Å². The molecule has 0 radical (unpaired) electrons. The van der Waals surface area contributed by atoms with Crippen LogP contribution in [0.4, 0.5) is 4.39 Å². The van der Waals surface area contributed by atoms with Gasteiger partial charge in [0.15, 0.2) is 0 Å². The summed E-state index contributed by atoms with van der Waals surface area (Å²) in [5.41, 5.74) is 6.25. The first-order valence-corrected chi connectivity index (χ1v) is 6.90. The molecule has 0 saturated carbocycles. The van der Waals surface area contributed by atoms with Crippen molar-refractivity contribution < 1.29 is 13.9 Å². The third-order valence-electron chi connectivity index (χ3n) is 3.13. The number of carbonyl (C=O) groups is 1. The van der Waals surface area contributed by atoms with Crippen LogP contribution in [-0.4, -0.2) is 42.6 Å². The van der Waals surface area contributed by atoms with Crippen LogP contribution in [0.15, 0.2) is 22.7 Å². The van der Waals surface area contributed by atoms with E-state index in [-0.39, 0.29) is 23.9 Å². The van der Waals surface area contributed by atoms with Gasteiger partial charge >= 0.3 is 0 Å². The number of benzene rings is 1. The lowest BCUT2D eigenvalue weighted by Crippen LogP contribution is -2.51. The monoisotopic (exact) mass is 330 g/mol. The molecule has 19 heavy (non-hydrogen) atoms. The molecule has 1 saturated heterocycles. The second kappa shape index (κ2) is 5.98. The Morgan fingerprint density at radius 1 is 1.63 bits per heavy atom. The predicted octanol–water partition coefficient (Wildman–Crippen LogP) is 1.78. The number of morpholine rings is 1. The van der Waals surface area contributed by atoms with Gasteiger partial charge in [0.25, 0.3) is 5.91 Å². The van der Waals surface area contributed by atoms with Crippen molar-refractivity contribution >= 4 is 21.8 Å². The molecule has 4 nitrogen and oxygen atoms in total. The molecule has 0 aromatic heterocycles. The number of ether oxygens (including phenoxy) is 1. The minimum Gasteiger partial charge on any atom is -0.373 e. The first-order valence-electron chi connectivity index (χ1n) is 6.10. The summed E-state index contributed by atoms with van der Waals surface area (Å²) in [6, 6.07) is 3.92. The van der Waals surface area contributed by atoms with Crippen molar-refractivity contribution in [2.45, 2.75) is 19.1 Å². The Balaban J connectivity index is 2.15. The molecule has 2 rings (SSSR count). The normalized spacial score (nSPS) is 21.3. The summed E-state index contributed by atoms with van der Waals surface area (Å²) in [4.78, 5) is 14.1. The van der Waals surface area contributed by atoms with E-state index >= 15 is 0 Å². The van der Waals surface area contributed by atoms with Gasteiger partial charge in [-0.25, -0.2) is 4.39 Å². The minimum atomic E-state index is -0.376. The maximum Gasteiger partial charge on any atom is 0.255 e. The number of nitrogens with zero attached hydrogens (tertiary/aromatic N) is 1. The first kappa shape index (κ1) is 14.4. The molecule has 0 bridgehead atoms. The highest BCUT2D eigenvalue weighted by Gasteiger charge is 2.28. The number of hydrogen-bond donors (Lipinski definition) is 1. The summed E-state index contributed by atoms with van der Waals surface area (Å²) >= 11 is 3.21. The molecule has 1 amide bonds. The van der Waals surface area contributed by atoms with Crippen LogP contribution < -0.4 is 5.73 Å². The van der Waals surface area contributed by atoms with E-state index in [4.69, 9.17) is 10.5 Å². The molecule has 1 aromatic carbocycles. The zero-order valence-electron chi connectivity index (χ0n) is 10.6. The number of hydrogen-bond acceptors (Lipinski definition) is 3. The molecule has 1 aliphatic heterocycles. The molecule has 1 heterocycles. The second-order valence-corrected chi connectivity index (χ2v) is 5.50. The molecule has 1 aliphatic rings. The molecule has 0 aliphatic carbocycles. The number of amides is 1. The summed E-state index contributed by atoms with van der Waals surface area (Å²) in [6.45, 7) is 3.30. The van der Waals surface area contributed by atoms with Crippen molar-refractivity contribution in [2.75, 3.05) is 19.7 Å². The van der Waals surface area contributed by atoms with Gasteiger partial charge in [-0.3, -0.25) is 4.79 Å². The van der Waals surface area contributed by atoms with Crippen molar-refractivity contribution in [2.24, 2.45) is 5.73 Å². The average molecular weight is 331 g/mol. The highest BCUT2D eigenvalue weighted by molar-refractivity contribution is 9.10. The first-order chi connectivity index (χ1) is 8.99. The van der Waals surface area contributed by atoms with Crippen LogP contribution in [0.25, 0.3) is 0 Å². The fraction of sp³-hybridized carbons (Fsp3) is 0.462. The van der Waals surface area contributed by atoms with Crippen LogP contribution in [0.3, 0.4) is 0 Å². The molecule has 104 valence electrons. The number of carbonyl (C=O) groups excluding carboxylic acids is 1. The third-order valence-corrected chi connectivity index (χ3v) is 3.78. The lowest BCUT2D eigenvalue weighted by molar-refractivity contribution is -0.0300. The fourth-order valence-corrected chi connectivity index (χ4v) is 2.53. The highest BCUT2D eigenvalue weighted by atomic mass is 79.9. The maximum atomic E-state index is 13.0. The molecule has 2 unspecified atom stereocenters. The quantitative estimate of drug-likeness (QED) is 0.899. The molecule has 1 aromatic rings. The number of nitrogens with two attached hydrogens (primary N) is 1. The molecule has 0 spiro atoms. The van der Waals surface area contributed by atoms with Gasteiger partial charge in [-0.15, -0.1) is 0 Å². The standard InChI is InChI=1S/C13H16BrFN2O2/c1-8(16)12-7-17(4-5-19-12)13(18)10-3-2-9(15)6-11(10)14/h2-3,6,8,12H,4-5,7,16H2,1H3. The van der Waals surface area contributed by atoms with Crippen LogP contribution in [0.2, 0.25) is 0 Å². The zero-order valence-corrected chi connectivity index (χ0v) is 12.2. The predicted molar refractivity (Wildman–Crippen MR) is 73.4 cm³/mol. The SMILES string of the molecule is CC(N)C1CN(C(=O)c2ccc(F)cc2Br)CCO1. The molecule has 6 heteroatoms. The van der Waals surface area contributed by atoms with Gasteiger partial charge in [0.1, 0.15) is 5.82 Å². The third kappa shape index (κ3) is 3.32. The Labute approximate surface area is 119 Å². The van der Waals surface area contributed by atoms with Crippen LogP contribution in [0, 0.1) is 5.82 Å². The average Bonchev–Trinajstić information content (AvgIpc) is 2.38. The van der Waals surface area contributed by atoms with E-state index in [1.807, 2.05) is 6.92 Å². The van der Waals surface area contributed by atoms with Gasteiger partial charge in [0, 0.05) is 23.6 Å². The van der Waals surface area contributed by atoms with E-state index in [2.05, 4.69) is 15.9 Å². The Hall–Kier alpha value is -0.980. The van der Waals surface area contributed by atoms with Gasteiger partial charge in [-0.1, -0.05) is 0 Å². The van der Waals surface area contributed by atoms with E-state index in [0.29, 0.717) is 29.7 Å². The van der Waals surface area contributed by atoms with Crippen LogP contribution in [0.1, 0.15) is 17.3 Å². The molecule has 2 N–H and O–H groups in total.